The van der Waals surface area contributed by atoms with Crippen molar-refractivity contribution in [1.29, 1.82) is 0 Å². The van der Waals surface area contributed by atoms with Crippen molar-refractivity contribution < 1.29 is 27.8 Å². The highest BCUT2D eigenvalue weighted by Gasteiger charge is 2.36. The fourth-order valence-corrected chi connectivity index (χ4v) is 3.16. The highest BCUT2D eigenvalue weighted by atomic mass is 35.5. The minimum absolute atomic E-state index is 0.0284. The van der Waals surface area contributed by atoms with E-state index in [0.29, 0.717) is 16.5 Å². The summed E-state index contributed by atoms with van der Waals surface area (Å²) in [4.78, 5) is 26.5. The average Bonchev–Trinajstić information content (AvgIpc) is 3.04. The van der Waals surface area contributed by atoms with Crippen LogP contribution in [-0.2, 0) is 9.59 Å². The van der Waals surface area contributed by atoms with Crippen molar-refractivity contribution in [1.82, 2.24) is 0 Å². The van der Waals surface area contributed by atoms with Gasteiger partial charge in [0.1, 0.15) is 11.5 Å². The molecule has 0 bridgehead atoms. The van der Waals surface area contributed by atoms with Crippen LogP contribution in [0.25, 0.3) is 0 Å². The molecule has 3 rings (SSSR count). The molecular formula is C19H17ClF2N2O4. The third kappa shape index (κ3) is 4.33. The molecule has 1 atom stereocenters. The van der Waals surface area contributed by atoms with Gasteiger partial charge in [-0.3, -0.25) is 9.59 Å². The number of ether oxygens (including phenoxy) is 2. The molecule has 0 spiro atoms. The summed E-state index contributed by atoms with van der Waals surface area (Å²) < 4.78 is 34.7. The van der Waals surface area contributed by atoms with Crippen molar-refractivity contribution in [3.05, 3.63) is 47.5 Å². The van der Waals surface area contributed by atoms with E-state index in [1.54, 1.807) is 24.3 Å². The standard InChI is InChI=1S/C19H17ClF2N2O4/c1-27-16-7-6-12(20)9-14(16)24-10-11(8-17(24)25)18(26)23-13-4-2-3-5-15(13)28-19(21)22/h2-7,9,11,19H,8,10H2,1H3,(H,23,26). The molecule has 1 fully saturated rings. The lowest BCUT2D eigenvalue weighted by atomic mass is 10.1. The molecule has 2 amide bonds. The number of para-hydroxylation sites is 2. The first-order chi connectivity index (χ1) is 13.4. The van der Waals surface area contributed by atoms with Crippen LogP contribution in [0.3, 0.4) is 0 Å². The monoisotopic (exact) mass is 410 g/mol. The highest BCUT2D eigenvalue weighted by Crippen LogP contribution is 2.36. The zero-order chi connectivity index (χ0) is 20.3. The van der Waals surface area contributed by atoms with Crippen molar-refractivity contribution in [2.75, 3.05) is 23.9 Å². The zero-order valence-corrected chi connectivity index (χ0v) is 15.6. The number of halogens is 3. The van der Waals surface area contributed by atoms with Crippen LogP contribution in [-0.4, -0.2) is 32.1 Å². The van der Waals surface area contributed by atoms with Gasteiger partial charge in [-0.05, 0) is 30.3 Å². The molecule has 0 radical (unpaired) electrons. The molecule has 6 nitrogen and oxygen atoms in total. The number of carbonyl (C=O) groups excluding carboxylic acids is 2. The second-order valence-electron chi connectivity index (χ2n) is 6.09. The average molecular weight is 411 g/mol. The van der Waals surface area contributed by atoms with Gasteiger partial charge < -0.3 is 19.7 Å². The van der Waals surface area contributed by atoms with Crippen LogP contribution >= 0.6 is 11.6 Å². The Morgan fingerprint density at radius 2 is 2.00 bits per heavy atom. The van der Waals surface area contributed by atoms with E-state index in [9.17, 15) is 18.4 Å². The Kier molecular flexibility index (Phi) is 5.99. The summed E-state index contributed by atoms with van der Waals surface area (Å²) in [5.41, 5.74) is 0.579. The smallest absolute Gasteiger partial charge is 0.387 e. The van der Waals surface area contributed by atoms with Gasteiger partial charge in [0.05, 0.1) is 24.4 Å². The first kappa shape index (κ1) is 19.9. The van der Waals surface area contributed by atoms with Gasteiger partial charge in [-0.1, -0.05) is 23.7 Å². The van der Waals surface area contributed by atoms with Crippen LogP contribution in [0.5, 0.6) is 11.5 Å². The number of hydrogen-bond acceptors (Lipinski definition) is 4. The Hall–Kier alpha value is -2.87. The molecule has 148 valence electrons. The Morgan fingerprint density at radius 1 is 1.25 bits per heavy atom. The Balaban J connectivity index is 1.76. The molecule has 28 heavy (non-hydrogen) atoms. The molecule has 0 aromatic heterocycles. The van der Waals surface area contributed by atoms with Gasteiger partial charge in [-0.25, -0.2) is 0 Å². The summed E-state index contributed by atoms with van der Waals surface area (Å²) >= 11 is 6.02. The van der Waals surface area contributed by atoms with E-state index < -0.39 is 18.4 Å². The maximum absolute atomic E-state index is 12.6. The molecule has 2 aromatic carbocycles. The minimum Gasteiger partial charge on any atom is -0.495 e. The fraction of sp³-hybridized carbons (Fsp3) is 0.263. The van der Waals surface area contributed by atoms with Gasteiger partial charge in [0, 0.05) is 18.0 Å². The number of nitrogens with one attached hydrogen (secondary N) is 1. The quantitative estimate of drug-likeness (QED) is 0.783. The van der Waals surface area contributed by atoms with Crippen molar-refractivity contribution in [3.63, 3.8) is 0 Å². The lowest BCUT2D eigenvalue weighted by Gasteiger charge is -2.20. The Labute approximate surface area is 165 Å². The van der Waals surface area contributed by atoms with E-state index in [1.165, 1.54) is 30.2 Å². The van der Waals surface area contributed by atoms with Crippen LogP contribution in [0.15, 0.2) is 42.5 Å². The molecule has 1 heterocycles. The van der Waals surface area contributed by atoms with Crippen LogP contribution in [0.4, 0.5) is 20.2 Å². The van der Waals surface area contributed by atoms with Crippen LogP contribution < -0.4 is 19.7 Å². The number of alkyl halides is 2. The summed E-state index contributed by atoms with van der Waals surface area (Å²) in [6.45, 7) is -2.91. The first-order valence-corrected chi connectivity index (χ1v) is 8.75. The van der Waals surface area contributed by atoms with Gasteiger partial charge in [0.25, 0.3) is 0 Å². The van der Waals surface area contributed by atoms with E-state index in [2.05, 4.69) is 10.1 Å². The van der Waals surface area contributed by atoms with E-state index in [1.807, 2.05) is 0 Å². The third-order valence-corrected chi connectivity index (χ3v) is 4.52. The minimum atomic E-state index is -3.02. The molecule has 2 aromatic rings. The van der Waals surface area contributed by atoms with Crippen molar-refractivity contribution in [3.8, 4) is 11.5 Å². The van der Waals surface area contributed by atoms with Gasteiger partial charge in [-0.2, -0.15) is 8.78 Å². The van der Waals surface area contributed by atoms with Crippen molar-refractivity contribution in [2.45, 2.75) is 13.0 Å². The summed E-state index contributed by atoms with van der Waals surface area (Å²) in [7, 11) is 1.47. The summed E-state index contributed by atoms with van der Waals surface area (Å²) in [5.74, 6) is -1.10. The van der Waals surface area contributed by atoms with Crippen LogP contribution in [0.1, 0.15) is 6.42 Å². The SMILES string of the molecule is COc1ccc(Cl)cc1N1CC(C(=O)Nc2ccccc2OC(F)F)CC1=O. The van der Waals surface area contributed by atoms with Crippen molar-refractivity contribution in [2.24, 2.45) is 5.92 Å². The second kappa shape index (κ2) is 8.43. The second-order valence-corrected chi connectivity index (χ2v) is 6.52. The number of benzene rings is 2. The molecule has 1 unspecified atom stereocenters. The maximum Gasteiger partial charge on any atom is 0.387 e. The lowest BCUT2D eigenvalue weighted by molar-refractivity contribution is -0.122. The van der Waals surface area contributed by atoms with Crippen LogP contribution in [0, 0.1) is 5.92 Å². The van der Waals surface area contributed by atoms with E-state index in [0.717, 1.165) is 0 Å². The number of rotatable bonds is 6. The normalized spacial score (nSPS) is 16.4. The predicted octanol–water partition coefficient (Wildman–Crippen LogP) is 3.94. The zero-order valence-electron chi connectivity index (χ0n) is 14.8. The molecule has 1 aliphatic heterocycles. The highest BCUT2D eigenvalue weighted by molar-refractivity contribution is 6.31. The molecule has 9 heteroatoms. The summed E-state index contributed by atoms with van der Waals surface area (Å²) in [6, 6.07) is 10.7. The number of methoxy groups -OCH3 is 1. The maximum atomic E-state index is 12.6. The predicted molar refractivity (Wildman–Crippen MR) is 100 cm³/mol. The molecule has 0 saturated carbocycles. The summed E-state index contributed by atoms with van der Waals surface area (Å²) in [5, 5.41) is 2.98. The molecular weight excluding hydrogens is 394 g/mol. The van der Waals surface area contributed by atoms with Gasteiger partial charge in [-0.15, -0.1) is 0 Å². The first-order valence-electron chi connectivity index (χ1n) is 8.37. The fourth-order valence-electron chi connectivity index (χ4n) is 2.99. The van der Waals surface area contributed by atoms with Gasteiger partial charge >= 0.3 is 6.61 Å². The third-order valence-electron chi connectivity index (χ3n) is 4.29. The van der Waals surface area contributed by atoms with Gasteiger partial charge in [0.15, 0.2) is 0 Å². The number of hydrogen-bond donors (Lipinski definition) is 1. The van der Waals surface area contributed by atoms with Crippen LogP contribution in [0.2, 0.25) is 5.02 Å². The number of carbonyl (C=O) groups is 2. The molecule has 1 N–H and O–H groups in total. The number of anilines is 2. The number of amides is 2. The Bertz CT molecular complexity index is 894. The number of nitrogens with zero attached hydrogens (tertiary/aromatic N) is 1. The Morgan fingerprint density at radius 3 is 2.71 bits per heavy atom. The molecule has 0 aliphatic carbocycles. The van der Waals surface area contributed by atoms with E-state index in [-0.39, 0.29) is 30.3 Å². The van der Waals surface area contributed by atoms with E-state index in [4.69, 9.17) is 16.3 Å². The van der Waals surface area contributed by atoms with E-state index >= 15 is 0 Å². The topological polar surface area (TPSA) is 67.9 Å². The molecule has 1 saturated heterocycles. The lowest BCUT2D eigenvalue weighted by Crippen LogP contribution is -2.28. The largest absolute Gasteiger partial charge is 0.495 e. The van der Waals surface area contributed by atoms with Gasteiger partial charge in [0.2, 0.25) is 11.8 Å². The molecule has 1 aliphatic rings. The van der Waals surface area contributed by atoms with Crippen molar-refractivity contribution >= 4 is 34.8 Å². The summed E-state index contributed by atoms with van der Waals surface area (Å²) in [6.07, 6.45) is -0.0284.